The molecule has 0 spiro atoms. The van der Waals surface area contributed by atoms with Crippen LogP contribution < -0.4 is 12.4 Å². The van der Waals surface area contributed by atoms with Crippen LogP contribution in [0.3, 0.4) is 0 Å². The molecule has 2 rings (SSSR count). The van der Waals surface area contributed by atoms with Crippen molar-refractivity contribution in [3.05, 3.63) is 71.8 Å². The molecule has 0 aromatic heterocycles. The Balaban J connectivity index is 0.00000180. The number of likely N-dealkylation sites (N-methyl/N-ethyl adjacent to an activating group) is 1. The SMILES string of the molecule is C[N+](C)(C)C(Cc1ccccc1)c1ccccc1.[Cl-]. The highest BCUT2D eigenvalue weighted by Gasteiger charge is 2.25. The number of quaternary nitrogens is 1. The zero-order valence-electron chi connectivity index (χ0n) is 11.9. The molecule has 0 fully saturated rings. The highest BCUT2D eigenvalue weighted by atomic mass is 35.5. The summed E-state index contributed by atoms with van der Waals surface area (Å²) in [6, 6.07) is 22.0. The van der Waals surface area contributed by atoms with Gasteiger partial charge in [-0.25, -0.2) is 0 Å². The van der Waals surface area contributed by atoms with Gasteiger partial charge in [-0.05, 0) is 5.56 Å². The van der Waals surface area contributed by atoms with Gasteiger partial charge in [0.15, 0.2) is 0 Å². The molecule has 0 aliphatic rings. The second kappa shape index (κ2) is 6.74. The summed E-state index contributed by atoms with van der Waals surface area (Å²) in [6.45, 7) is 0. The van der Waals surface area contributed by atoms with Gasteiger partial charge < -0.3 is 16.9 Å². The summed E-state index contributed by atoms with van der Waals surface area (Å²) in [5.41, 5.74) is 2.81. The zero-order chi connectivity index (χ0) is 13.0. The van der Waals surface area contributed by atoms with Gasteiger partial charge in [0.05, 0.1) is 21.1 Å². The predicted octanol–water partition coefficient (Wildman–Crippen LogP) is 0.681. The fourth-order valence-corrected chi connectivity index (χ4v) is 2.35. The molecule has 0 bridgehead atoms. The first-order valence-electron chi connectivity index (χ1n) is 6.47. The van der Waals surface area contributed by atoms with E-state index >= 15 is 0 Å². The van der Waals surface area contributed by atoms with E-state index in [-0.39, 0.29) is 12.4 Å². The molecule has 1 unspecified atom stereocenters. The fraction of sp³-hybridized carbons (Fsp3) is 0.294. The van der Waals surface area contributed by atoms with Crippen molar-refractivity contribution in [2.75, 3.05) is 21.1 Å². The summed E-state index contributed by atoms with van der Waals surface area (Å²) in [5.74, 6) is 0. The summed E-state index contributed by atoms with van der Waals surface area (Å²) in [5, 5.41) is 0. The molecule has 2 aromatic carbocycles. The van der Waals surface area contributed by atoms with Gasteiger partial charge in [0.25, 0.3) is 0 Å². The van der Waals surface area contributed by atoms with Crippen LogP contribution in [-0.4, -0.2) is 25.6 Å². The average molecular weight is 276 g/mol. The van der Waals surface area contributed by atoms with Gasteiger partial charge in [0.1, 0.15) is 6.04 Å². The summed E-state index contributed by atoms with van der Waals surface area (Å²) in [4.78, 5) is 0. The van der Waals surface area contributed by atoms with Crippen LogP contribution in [-0.2, 0) is 6.42 Å². The Labute approximate surface area is 122 Å². The highest BCUT2D eigenvalue weighted by molar-refractivity contribution is 5.22. The number of halogens is 1. The normalized spacial score (nSPS) is 12.6. The largest absolute Gasteiger partial charge is 1.00 e. The Hall–Kier alpha value is -1.31. The Bertz CT molecular complexity index is 474. The first-order chi connectivity index (χ1) is 8.57. The van der Waals surface area contributed by atoms with Crippen LogP contribution in [0.2, 0.25) is 0 Å². The molecule has 0 amide bonds. The van der Waals surface area contributed by atoms with Crippen molar-refractivity contribution in [1.29, 1.82) is 0 Å². The van der Waals surface area contributed by atoms with Crippen molar-refractivity contribution in [1.82, 2.24) is 0 Å². The van der Waals surface area contributed by atoms with Crippen LogP contribution in [0.5, 0.6) is 0 Å². The lowest BCUT2D eigenvalue weighted by Crippen LogP contribution is -3.00. The minimum Gasteiger partial charge on any atom is -1.00 e. The second-order valence-electron chi connectivity index (χ2n) is 5.73. The molecule has 0 saturated carbocycles. The number of nitrogens with zero attached hydrogens (tertiary/aromatic N) is 1. The highest BCUT2D eigenvalue weighted by Crippen LogP contribution is 2.27. The number of rotatable bonds is 4. The summed E-state index contributed by atoms with van der Waals surface area (Å²) in [7, 11) is 6.79. The van der Waals surface area contributed by atoms with Gasteiger partial charge in [-0.2, -0.15) is 0 Å². The summed E-state index contributed by atoms with van der Waals surface area (Å²) >= 11 is 0. The van der Waals surface area contributed by atoms with E-state index in [0.29, 0.717) is 6.04 Å². The van der Waals surface area contributed by atoms with Crippen LogP contribution in [0.4, 0.5) is 0 Å². The lowest BCUT2D eigenvalue weighted by atomic mass is 9.96. The van der Waals surface area contributed by atoms with Crippen molar-refractivity contribution in [2.45, 2.75) is 12.5 Å². The number of hydrogen-bond acceptors (Lipinski definition) is 0. The molecule has 1 atom stereocenters. The molecule has 1 nitrogen and oxygen atoms in total. The van der Waals surface area contributed by atoms with E-state index in [9.17, 15) is 0 Å². The van der Waals surface area contributed by atoms with Crippen molar-refractivity contribution >= 4 is 0 Å². The fourth-order valence-electron chi connectivity index (χ4n) is 2.35. The first-order valence-corrected chi connectivity index (χ1v) is 6.47. The molecule has 0 saturated heterocycles. The number of benzene rings is 2. The number of hydrogen-bond donors (Lipinski definition) is 0. The van der Waals surface area contributed by atoms with Crippen LogP contribution in [0.15, 0.2) is 60.7 Å². The van der Waals surface area contributed by atoms with Crippen LogP contribution in [0.1, 0.15) is 17.2 Å². The Morgan fingerprint density at radius 2 is 1.26 bits per heavy atom. The third-order valence-electron chi connectivity index (χ3n) is 3.39. The third kappa shape index (κ3) is 4.38. The Kier molecular flexibility index (Phi) is 5.59. The van der Waals surface area contributed by atoms with Gasteiger partial charge >= 0.3 is 0 Å². The minimum absolute atomic E-state index is 0. The topological polar surface area (TPSA) is 0 Å². The monoisotopic (exact) mass is 275 g/mol. The maximum atomic E-state index is 2.26. The maximum Gasteiger partial charge on any atom is 0.118 e. The minimum atomic E-state index is 0. The molecule has 0 aliphatic carbocycles. The molecule has 2 heteroatoms. The standard InChI is InChI=1S/C17H22N.ClH/c1-18(2,3)17(16-12-8-5-9-13-16)14-15-10-6-4-7-11-15;/h4-13,17H,14H2,1-3H3;1H/q+1;/p-1. The molecule has 0 heterocycles. The Morgan fingerprint density at radius 3 is 1.74 bits per heavy atom. The van der Waals surface area contributed by atoms with E-state index in [2.05, 4.69) is 81.8 Å². The molecular formula is C17H22ClN. The van der Waals surface area contributed by atoms with E-state index in [1.54, 1.807) is 0 Å². The molecule has 102 valence electrons. The summed E-state index contributed by atoms with van der Waals surface area (Å²) in [6.07, 6.45) is 1.08. The molecule has 0 radical (unpaired) electrons. The zero-order valence-corrected chi connectivity index (χ0v) is 12.6. The van der Waals surface area contributed by atoms with Crippen molar-refractivity contribution in [2.24, 2.45) is 0 Å². The van der Waals surface area contributed by atoms with Gasteiger partial charge in [-0.1, -0.05) is 60.7 Å². The van der Waals surface area contributed by atoms with Crippen LogP contribution in [0.25, 0.3) is 0 Å². The van der Waals surface area contributed by atoms with Crippen molar-refractivity contribution in [3.63, 3.8) is 0 Å². The van der Waals surface area contributed by atoms with E-state index in [1.165, 1.54) is 11.1 Å². The first kappa shape index (κ1) is 15.7. The quantitative estimate of drug-likeness (QED) is 0.720. The third-order valence-corrected chi connectivity index (χ3v) is 3.39. The predicted molar refractivity (Wildman–Crippen MR) is 77.4 cm³/mol. The molecule has 0 aliphatic heterocycles. The smallest absolute Gasteiger partial charge is 0.118 e. The molecule has 0 N–H and O–H groups in total. The van der Waals surface area contributed by atoms with Gasteiger partial charge in [-0.15, -0.1) is 0 Å². The molecule has 19 heavy (non-hydrogen) atoms. The van der Waals surface area contributed by atoms with E-state index in [0.717, 1.165) is 10.9 Å². The van der Waals surface area contributed by atoms with Crippen molar-refractivity contribution in [3.8, 4) is 0 Å². The maximum absolute atomic E-state index is 2.26. The average Bonchev–Trinajstić information content (AvgIpc) is 2.37. The Morgan fingerprint density at radius 1 is 0.789 bits per heavy atom. The summed E-state index contributed by atoms with van der Waals surface area (Å²) < 4.78 is 0.943. The second-order valence-corrected chi connectivity index (χ2v) is 5.73. The van der Waals surface area contributed by atoms with Crippen LogP contribution in [0, 0.1) is 0 Å². The lowest BCUT2D eigenvalue weighted by Gasteiger charge is -2.34. The van der Waals surface area contributed by atoms with Gasteiger partial charge in [-0.3, -0.25) is 0 Å². The van der Waals surface area contributed by atoms with E-state index in [4.69, 9.17) is 0 Å². The van der Waals surface area contributed by atoms with Crippen LogP contribution >= 0.6 is 0 Å². The van der Waals surface area contributed by atoms with E-state index in [1.807, 2.05) is 0 Å². The van der Waals surface area contributed by atoms with Crippen molar-refractivity contribution < 1.29 is 16.9 Å². The van der Waals surface area contributed by atoms with Gasteiger partial charge in [0, 0.05) is 12.0 Å². The molecule has 2 aromatic rings. The van der Waals surface area contributed by atoms with Gasteiger partial charge in [0.2, 0.25) is 0 Å². The lowest BCUT2D eigenvalue weighted by molar-refractivity contribution is -0.902. The van der Waals surface area contributed by atoms with E-state index < -0.39 is 0 Å². The molecular weight excluding hydrogens is 254 g/mol.